The fraction of sp³-hybridized carbons (Fsp3) is 0.387. The van der Waals surface area contributed by atoms with Crippen molar-refractivity contribution in [1.29, 1.82) is 0 Å². The number of nitrogens with zero attached hydrogens (tertiary/aromatic N) is 3. The van der Waals surface area contributed by atoms with Gasteiger partial charge in [-0.3, -0.25) is 39.9 Å². The fourth-order valence-corrected chi connectivity index (χ4v) is 8.04. The number of nitrogens with two attached hydrogens (primary N) is 3. The van der Waals surface area contributed by atoms with Crippen LogP contribution in [-0.2, 0) is 14.3 Å². The van der Waals surface area contributed by atoms with Crippen molar-refractivity contribution in [1.82, 2.24) is 0 Å². The summed E-state index contributed by atoms with van der Waals surface area (Å²) in [4.78, 5) is 51.9. The largest absolute Gasteiger partial charge is 1.00 e. The van der Waals surface area contributed by atoms with E-state index in [4.69, 9.17) is 107 Å². The van der Waals surface area contributed by atoms with Crippen LogP contribution in [0, 0.1) is 71.9 Å². The molecule has 6 aromatic rings. The summed E-state index contributed by atoms with van der Waals surface area (Å²) in [6.07, 6.45) is -9.24. The molecule has 28 nitrogen and oxygen atoms in total. The first-order valence-corrected chi connectivity index (χ1v) is 28.8. The third kappa shape index (κ3) is 35.4. The summed E-state index contributed by atoms with van der Waals surface area (Å²) >= 11 is 35.0. The van der Waals surface area contributed by atoms with E-state index in [-0.39, 0.29) is 118 Å². The maximum Gasteiger partial charge on any atom is 1.00 e. The molecule has 2 amide bonds. The monoisotopic (exact) mass is 1500 g/mol. The maximum atomic E-state index is 11.1. The molecule has 0 saturated carbocycles. The average molecular weight is 1500 g/mol. The topological polar surface area (TPSA) is 484 Å². The number of carbonyl (C=O) groups excluding carboxylic acids is 2. The second-order valence-corrected chi connectivity index (χ2v) is 21.8. The van der Waals surface area contributed by atoms with Crippen LogP contribution < -0.4 is 73.1 Å². The first-order valence-electron chi connectivity index (χ1n) is 26.5. The van der Waals surface area contributed by atoms with E-state index in [1.54, 1.807) is 45.0 Å². The summed E-state index contributed by atoms with van der Waals surface area (Å²) in [7, 11) is 1.75. The second kappa shape index (κ2) is 51.0. The Morgan fingerprint density at radius 2 is 0.938 bits per heavy atom. The summed E-state index contributed by atoms with van der Waals surface area (Å²) in [6.45, 7) is 12.5. The molecule has 1 aliphatic heterocycles. The number of nitrogens with one attached hydrogen (secondary N) is 4. The number of hydrogen-bond acceptors (Lipinski definition) is 23. The number of nitrogen functional groups attached to an aromatic ring is 3. The van der Waals surface area contributed by atoms with Gasteiger partial charge in [0.1, 0.15) is 47.6 Å². The number of nitro groups is 3. The molecule has 6 aromatic carbocycles. The first kappa shape index (κ1) is 102. The molecule has 7 atom stereocenters. The van der Waals surface area contributed by atoms with Crippen molar-refractivity contribution in [2.45, 2.75) is 128 Å². The van der Waals surface area contributed by atoms with E-state index in [0.29, 0.717) is 58.9 Å². The van der Waals surface area contributed by atoms with Crippen LogP contribution in [-0.4, -0.2) is 144 Å². The summed E-state index contributed by atoms with van der Waals surface area (Å²) in [5, 5.41) is 127. The minimum absolute atomic E-state index is 0. The molecule has 7 rings (SSSR count). The molecule has 0 aromatic heterocycles. The number of aliphatic hydroxyl groups excluding tert-OH is 8. The zero-order valence-electron chi connectivity index (χ0n) is 52.2. The minimum atomic E-state index is -1.44. The first-order chi connectivity index (χ1) is 42.9. The number of carbonyl (C=O) groups is 2. The Hall–Kier alpha value is -6.20. The smallest absolute Gasteiger partial charge is 0.857 e. The number of aryl methyl sites for hydroxylation is 6. The van der Waals surface area contributed by atoms with Gasteiger partial charge in [0.25, 0.3) is 17.1 Å². The van der Waals surface area contributed by atoms with Crippen LogP contribution in [0.25, 0.3) is 0 Å². The Morgan fingerprint density at radius 1 is 0.546 bits per heavy atom. The van der Waals surface area contributed by atoms with Gasteiger partial charge in [-0.05, 0) is 130 Å². The number of aliphatic hydroxyl groups is 8. The standard InChI is InChI=1S/C12H15ClN2O6.C12H19ClN2O4.C9H9ClN2O3.C9H10ClNO.C7H7ClN2O2.C7H8ClN.CH4O.CH3O.4CH4.Na/c1-5-2-8(15(19)20)7(3-6(5)13)14-12-11(18)10(17)9(16)4-21-12;1-6-2-8(14)9(3-7(6)13)15-4-10(17)12(19)11(18)5-16;1-5-3-9(12(14)15)8(4-7(5)10)11-6(2)13;1-6-3-4-8(5-9(6)10)11-7(2)12;1-4-2-7(10(11)12)6(9)3-5(4)8;1-5-2-3-6(9)4-7(5)8;2*1-2;;;;;/h2-3,9-12,14,16-18H,4H2,1H3;2-3,10-12,15-19H,4-5,14H2,1H3;3-4H,1-2H3,(H,11,13);3-5H,1-2H3,(H,11,12);2-3H,9H2,1H3;2-4H,9H2,1H3;2H,1H3;1H3;4*1H4;/q;;;;;;;-1;;;;;+1/t;10-,11+,12-;;;;;;;;;;;/m.0.........../s1. The predicted molar refractivity (Wildman–Crippen MR) is 385 cm³/mol. The molecule has 0 bridgehead atoms. The van der Waals surface area contributed by atoms with Crippen molar-refractivity contribution in [3.05, 3.63) is 179 Å². The van der Waals surface area contributed by atoms with Crippen LogP contribution in [0.1, 0.15) is 76.9 Å². The van der Waals surface area contributed by atoms with Crippen LogP contribution in [0.15, 0.2) is 84.9 Å². The van der Waals surface area contributed by atoms with Gasteiger partial charge in [0.05, 0.1) is 45.5 Å². The van der Waals surface area contributed by atoms with Gasteiger partial charge in [0.2, 0.25) is 11.8 Å². The molecule has 4 unspecified atom stereocenters. The molecule has 0 aliphatic carbocycles. The Labute approximate surface area is 617 Å². The molecule has 0 radical (unpaired) electrons. The van der Waals surface area contributed by atoms with E-state index >= 15 is 0 Å². The van der Waals surface area contributed by atoms with E-state index in [1.165, 1.54) is 50.2 Å². The van der Waals surface area contributed by atoms with Crippen molar-refractivity contribution in [2.24, 2.45) is 0 Å². The van der Waals surface area contributed by atoms with Crippen LogP contribution in [0.5, 0.6) is 0 Å². The number of benzene rings is 6. The third-order valence-corrected chi connectivity index (χ3v) is 14.5. The molecule has 1 fully saturated rings. The van der Waals surface area contributed by atoms with Crippen molar-refractivity contribution in [2.75, 3.05) is 72.4 Å². The summed E-state index contributed by atoms with van der Waals surface area (Å²) in [5.41, 5.74) is 23.5. The van der Waals surface area contributed by atoms with Crippen molar-refractivity contribution in [3.63, 3.8) is 0 Å². The molecule has 35 heteroatoms. The number of rotatable bonds is 13. The number of hydrogen-bond donors (Lipinski definition) is 15. The van der Waals surface area contributed by atoms with Crippen LogP contribution in [0.2, 0.25) is 30.1 Å². The van der Waals surface area contributed by atoms with E-state index in [1.807, 2.05) is 45.0 Å². The van der Waals surface area contributed by atoms with Gasteiger partial charge in [-0.2, -0.15) is 7.11 Å². The molecular formula is C62H91Cl6N10NaO18. The Morgan fingerprint density at radius 3 is 1.36 bits per heavy atom. The van der Waals surface area contributed by atoms with Crippen molar-refractivity contribution in [3.8, 4) is 0 Å². The van der Waals surface area contributed by atoms with Gasteiger partial charge in [0.15, 0.2) is 6.23 Å². The van der Waals surface area contributed by atoms with E-state index in [2.05, 4.69) is 21.3 Å². The Kier molecular flexibility index (Phi) is 53.6. The van der Waals surface area contributed by atoms with Crippen LogP contribution in [0.4, 0.5) is 56.9 Å². The number of nitro benzene ring substituents is 3. The third-order valence-electron chi connectivity index (χ3n) is 12.1. The van der Waals surface area contributed by atoms with Gasteiger partial charge in [-0.15, -0.1) is 0 Å². The summed E-state index contributed by atoms with van der Waals surface area (Å²) in [5.74, 6) is -0.465. The summed E-state index contributed by atoms with van der Waals surface area (Å²) in [6, 6.07) is 22.3. The van der Waals surface area contributed by atoms with Gasteiger partial charge >= 0.3 is 29.6 Å². The van der Waals surface area contributed by atoms with E-state index in [9.17, 15) is 70.6 Å². The SMILES string of the molecule is C.C.C.C.CC(=O)Nc1cc(Cl)c(C)cc1[N+](=O)[O-].CC(=O)Nc1ccc(C)c(Cl)c1.CO.C[O-].Cc1cc(N)c(NC[C@H](O)[C@H](O)[C@H](O)CO)cc1Cl.Cc1cc([N+](=O)[O-])c(N)cc1Cl.Cc1cc([N+](=O)[O-])c(NC2OCC(O)C(O)C2O)cc1Cl.Cc1ccc(N)cc1Cl.[Na+]. The molecule has 0 spiro atoms. The molecule has 540 valence electrons. The Balaban J connectivity index is -0.000000255. The minimum Gasteiger partial charge on any atom is -0.857 e. The van der Waals surface area contributed by atoms with E-state index < -0.39 is 64.2 Å². The molecule has 1 heterocycles. The maximum absolute atomic E-state index is 11.1. The Bertz CT molecular complexity index is 3430. The molecule has 1 saturated heterocycles. The van der Waals surface area contributed by atoms with Crippen molar-refractivity contribution < 1.29 is 105 Å². The molecule has 1 aliphatic rings. The van der Waals surface area contributed by atoms with Gasteiger partial charge in [-0.25, -0.2) is 0 Å². The normalized spacial score (nSPS) is 14.4. The quantitative estimate of drug-likeness (QED) is 0.0227. The fourth-order valence-electron chi connectivity index (χ4n) is 7.01. The summed E-state index contributed by atoms with van der Waals surface area (Å²) < 4.78 is 5.14. The zero-order chi connectivity index (χ0) is 71.2. The molecular weight excluding hydrogens is 1410 g/mol. The van der Waals surface area contributed by atoms with Crippen molar-refractivity contribution >= 4 is 138 Å². The average Bonchev–Trinajstić information content (AvgIpc) is 0.825. The number of halogens is 6. The van der Waals surface area contributed by atoms with Crippen LogP contribution in [0.3, 0.4) is 0 Å². The molecule has 97 heavy (non-hydrogen) atoms. The second-order valence-electron chi connectivity index (χ2n) is 19.3. The number of anilines is 7. The molecule has 18 N–H and O–H groups in total. The van der Waals surface area contributed by atoms with Crippen LogP contribution >= 0.6 is 69.6 Å². The van der Waals surface area contributed by atoms with Gasteiger partial charge in [-0.1, -0.05) is 111 Å². The number of ether oxygens (including phenoxy) is 1. The number of amides is 2. The predicted octanol–water partition coefficient (Wildman–Crippen LogP) is 7.75. The van der Waals surface area contributed by atoms with Gasteiger partial charge < -0.3 is 89.2 Å². The zero-order valence-corrected chi connectivity index (χ0v) is 58.8. The van der Waals surface area contributed by atoms with Gasteiger partial charge in [0, 0.05) is 87.2 Å². The van der Waals surface area contributed by atoms with E-state index in [0.717, 1.165) is 41.6 Å².